The van der Waals surface area contributed by atoms with E-state index < -0.39 is 42.3 Å². The lowest BCUT2D eigenvalue weighted by molar-refractivity contribution is -0.0902. The highest BCUT2D eigenvalue weighted by Gasteiger charge is 2.34. The molecule has 6 rings (SSSR count). The molecular formula is C40H33F5N4O6. The molecule has 0 amide bonds. The SMILES string of the molecule is COCC(F)(F)c1ccc(Oc2ncc(COCC(F)(F)c3ccc(Oc4ncccc4-c4ccc(F)cc4OC)cn3)cc2-c2ccccc2OC)cn1. The van der Waals surface area contributed by atoms with Crippen molar-refractivity contribution in [2.24, 2.45) is 0 Å². The van der Waals surface area contributed by atoms with Gasteiger partial charge in [0.1, 0.15) is 53.4 Å². The van der Waals surface area contributed by atoms with Crippen molar-refractivity contribution in [2.75, 3.05) is 34.5 Å². The molecule has 0 aliphatic carbocycles. The average Bonchev–Trinajstić information content (AvgIpc) is 3.19. The molecule has 0 atom stereocenters. The van der Waals surface area contributed by atoms with E-state index in [0.717, 1.165) is 24.5 Å². The largest absolute Gasteiger partial charge is 0.496 e. The molecule has 10 nitrogen and oxygen atoms in total. The summed E-state index contributed by atoms with van der Waals surface area (Å²) < 4.78 is 106. The Morgan fingerprint density at radius 1 is 0.564 bits per heavy atom. The summed E-state index contributed by atoms with van der Waals surface area (Å²) in [5, 5.41) is 0. The van der Waals surface area contributed by atoms with Crippen LogP contribution in [-0.2, 0) is 27.9 Å². The second kappa shape index (κ2) is 16.9. The number of nitrogens with zero attached hydrogens (tertiary/aromatic N) is 4. The van der Waals surface area contributed by atoms with Crippen molar-refractivity contribution in [3.05, 3.63) is 132 Å². The maximum atomic E-state index is 15.3. The predicted octanol–water partition coefficient (Wildman–Crippen LogP) is 9.39. The molecule has 0 spiro atoms. The van der Waals surface area contributed by atoms with Crippen molar-refractivity contribution >= 4 is 0 Å². The van der Waals surface area contributed by atoms with Crippen molar-refractivity contribution < 1.29 is 50.4 Å². The Balaban J connectivity index is 1.15. The van der Waals surface area contributed by atoms with Gasteiger partial charge in [-0.05, 0) is 66.2 Å². The van der Waals surface area contributed by atoms with Crippen molar-refractivity contribution in [1.29, 1.82) is 0 Å². The van der Waals surface area contributed by atoms with Crippen LogP contribution in [0.1, 0.15) is 17.0 Å². The zero-order chi connectivity index (χ0) is 39.0. The Morgan fingerprint density at radius 3 is 1.82 bits per heavy atom. The molecule has 0 aliphatic heterocycles. The third kappa shape index (κ3) is 9.13. The van der Waals surface area contributed by atoms with E-state index in [9.17, 15) is 13.2 Å². The van der Waals surface area contributed by atoms with Crippen LogP contribution in [-0.4, -0.2) is 54.5 Å². The van der Waals surface area contributed by atoms with E-state index in [4.69, 9.17) is 23.7 Å². The number of ether oxygens (including phenoxy) is 6. The highest BCUT2D eigenvalue weighted by molar-refractivity contribution is 5.76. The third-order valence-electron chi connectivity index (χ3n) is 8.06. The monoisotopic (exact) mass is 760 g/mol. The zero-order valence-corrected chi connectivity index (χ0v) is 29.6. The molecule has 0 aliphatic rings. The number of hydrogen-bond acceptors (Lipinski definition) is 10. The molecule has 0 fully saturated rings. The Kier molecular flexibility index (Phi) is 11.8. The molecule has 0 radical (unpaired) electrons. The topological polar surface area (TPSA) is 107 Å². The molecular weight excluding hydrogens is 727 g/mol. The van der Waals surface area contributed by atoms with Crippen LogP contribution < -0.4 is 18.9 Å². The Hall–Kier alpha value is -6.19. The zero-order valence-electron chi connectivity index (χ0n) is 29.6. The molecule has 4 aromatic heterocycles. The fourth-order valence-electron chi connectivity index (χ4n) is 5.44. The molecule has 0 saturated heterocycles. The van der Waals surface area contributed by atoms with Gasteiger partial charge in [-0.1, -0.05) is 18.2 Å². The number of hydrogen-bond donors (Lipinski definition) is 0. The lowest BCUT2D eigenvalue weighted by Crippen LogP contribution is -2.22. The summed E-state index contributed by atoms with van der Waals surface area (Å²) in [6, 6.07) is 20.9. The van der Waals surface area contributed by atoms with E-state index in [2.05, 4.69) is 24.7 Å². The summed E-state index contributed by atoms with van der Waals surface area (Å²) in [5.41, 5.74) is 1.37. The summed E-state index contributed by atoms with van der Waals surface area (Å²) in [5.74, 6) is -6.06. The second-order valence-corrected chi connectivity index (χ2v) is 11.9. The van der Waals surface area contributed by atoms with Crippen LogP contribution in [0.4, 0.5) is 22.0 Å². The van der Waals surface area contributed by atoms with Crippen molar-refractivity contribution in [3.8, 4) is 57.0 Å². The average molecular weight is 761 g/mol. The first kappa shape index (κ1) is 38.5. The Morgan fingerprint density at radius 2 is 1.18 bits per heavy atom. The first-order chi connectivity index (χ1) is 26.5. The second-order valence-electron chi connectivity index (χ2n) is 11.9. The normalized spacial score (nSPS) is 11.6. The molecule has 0 N–H and O–H groups in total. The minimum atomic E-state index is -3.49. The number of methoxy groups -OCH3 is 3. The van der Waals surface area contributed by atoms with E-state index in [1.807, 2.05) is 0 Å². The van der Waals surface area contributed by atoms with Gasteiger partial charge >= 0.3 is 11.8 Å². The van der Waals surface area contributed by atoms with Gasteiger partial charge in [0, 0.05) is 47.8 Å². The molecule has 55 heavy (non-hydrogen) atoms. The molecule has 0 bridgehead atoms. The molecule has 4 heterocycles. The highest BCUT2D eigenvalue weighted by Crippen LogP contribution is 2.40. The number of benzene rings is 2. The summed E-state index contributed by atoms with van der Waals surface area (Å²) in [6.45, 7) is -2.10. The van der Waals surface area contributed by atoms with Crippen molar-refractivity contribution in [1.82, 2.24) is 19.9 Å². The maximum Gasteiger partial charge on any atom is 0.312 e. The Labute approximate surface area is 312 Å². The number of para-hydroxylation sites is 1. The summed E-state index contributed by atoms with van der Waals surface area (Å²) >= 11 is 0. The first-order valence-corrected chi connectivity index (χ1v) is 16.5. The van der Waals surface area contributed by atoms with Gasteiger partial charge in [0.25, 0.3) is 0 Å². The number of aromatic nitrogens is 4. The van der Waals surface area contributed by atoms with Crippen LogP contribution in [0.15, 0.2) is 110 Å². The van der Waals surface area contributed by atoms with Crippen LogP contribution in [0.2, 0.25) is 0 Å². The van der Waals surface area contributed by atoms with E-state index >= 15 is 8.78 Å². The molecule has 15 heteroatoms. The van der Waals surface area contributed by atoms with E-state index in [1.165, 1.54) is 64.1 Å². The van der Waals surface area contributed by atoms with Gasteiger partial charge in [-0.3, -0.25) is 9.97 Å². The van der Waals surface area contributed by atoms with Crippen molar-refractivity contribution in [2.45, 2.75) is 18.5 Å². The standard InChI is InChI=1S/C40H33F5N4O6/c1-50-23-39(42,43)35-14-11-28(21-47-35)55-38-32(29-7-4-5-9-33(29)51-2)17-25(19-49-38)22-53-24-40(44,45)36-15-12-27(20-48-36)54-37-31(8-6-16-46-37)30-13-10-26(41)18-34(30)52-3/h4-21H,22-24H2,1-3H3. The van der Waals surface area contributed by atoms with Gasteiger partial charge in [-0.25, -0.2) is 14.4 Å². The van der Waals surface area contributed by atoms with Gasteiger partial charge < -0.3 is 28.4 Å². The molecule has 6 aromatic rings. The van der Waals surface area contributed by atoms with Gasteiger partial charge in [0.05, 0.1) is 33.2 Å². The van der Waals surface area contributed by atoms with Crippen LogP contribution in [0.25, 0.3) is 22.3 Å². The first-order valence-electron chi connectivity index (χ1n) is 16.5. The van der Waals surface area contributed by atoms with Gasteiger partial charge in [0.2, 0.25) is 11.8 Å². The lowest BCUT2D eigenvalue weighted by Gasteiger charge is -2.18. The van der Waals surface area contributed by atoms with Crippen LogP contribution in [0.3, 0.4) is 0 Å². The predicted molar refractivity (Wildman–Crippen MR) is 190 cm³/mol. The van der Waals surface area contributed by atoms with E-state index in [0.29, 0.717) is 33.6 Å². The summed E-state index contributed by atoms with van der Waals surface area (Å²) in [7, 11) is 4.06. The number of alkyl halides is 4. The smallest absolute Gasteiger partial charge is 0.312 e. The quantitative estimate of drug-likeness (QED) is 0.0886. The molecule has 0 saturated carbocycles. The molecule has 284 valence electrons. The molecule has 0 unspecified atom stereocenters. The van der Waals surface area contributed by atoms with E-state index in [-0.39, 0.29) is 35.6 Å². The maximum absolute atomic E-state index is 15.3. The highest BCUT2D eigenvalue weighted by atomic mass is 19.3. The minimum Gasteiger partial charge on any atom is -0.496 e. The van der Waals surface area contributed by atoms with Crippen LogP contribution >= 0.6 is 0 Å². The number of rotatable bonds is 16. The van der Waals surface area contributed by atoms with Gasteiger partial charge in [-0.15, -0.1) is 0 Å². The Bertz CT molecular complexity index is 2230. The minimum absolute atomic E-state index is 0.0814. The summed E-state index contributed by atoms with van der Waals surface area (Å²) in [6.07, 6.45) is 5.16. The lowest BCUT2D eigenvalue weighted by atomic mass is 10.0. The van der Waals surface area contributed by atoms with Gasteiger partial charge in [0.15, 0.2) is 0 Å². The fraction of sp³-hybridized carbons (Fsp3) is 0.200. The van der Waals surface area contributed by atoms with Crippen LogP contribution in [0, 0.1) is 5.82 Å². The van der Waals surface area contributed by atoms with Crippen LogP contribution in [0.5, 0.6) is 34.8 Å². The summed E-state index contributed by atoms with van der Waals surface area (Å²) in [4.78, 5) is 16.4. The number of halogens is 5. The molecule has 2 aromatic carbocycles. The third-order valence-corrected chi connectivity index (χ3v) is 8.06. The fourth-order valence-corrected chi connectivity index (χ4v) is 5.44. The number of pyridine rings is 4. The van der Waals surface area contributed by atoms with Crippen molar-refractivity contribution in [3.63, 3.8) is 0 Å². The van der Waals surface area contributed by atoms with Gasteiger partial charge in [-0.2, -0.15) is 17.6 Å². The van der Waals surface area contributed by atoms with E-state index in [1.54, 1.807) is 42.5 Å².